The highest BCUT2D eigenvalue weighted by atomic mass is 35.5. The second-order valence-electron chi connectivity index (χ2n) is 5.49. The van der Waals surface area contributed by atoms with E-state index in [2.05, 4.69) is 15.0 Å². The first-order valence-corrected chi connectivity index (χ1v) is 7.46. The zero-order valence-corrected chi connectivity index (χ0v) is 12.6. The Labute approximate surface area is 134 Å². The predicted octanol–water partition coefficient (Wildman–Crippen LogP) is 1.85. The number of aromatic nitrogens is 4. The number of halogens is 1. The smallest absolute Gasteiger partial charge is 0.407 e. The molecule has 118 valence electrons. The van der Waals surface area contributed by atoms with Crippen LogP contribution >= 0.6 is 11.6 Å². The molecule has 1 amide bonds. The van der Waals surface area contributed by atoms with Crippen LogP contribution < -0.4 is 5.69 Å². The molecule has 2 N–H and O–H groups in total. The molecule has 1 atom stereocenters. The van der Waals surface area contributed by atoms with E-state index in [1.165, 1.54) is 4.90 Å². The molecular formula is C14H12ClN5O3. The molecule has 3 aromatic rings. The first-order chi connectivity index (χ1) is 11.0. The molecule has 0 bridgehead atoms. The molecule has 23 heavy (non-hydrogen) atoms. The van der Waals surface area contributed by atoms with Gasteiger partial charge in [0.15, 0.2) is 0 Å². The number of H-pyrrole nitrogens is 1. The van der Waals surface area contributed by atoms with Crippen LogP contribution in [0.1, 0.15) is 12.5 Å². The fourth-order valence-electron chi connectivity index (χ4n) is 3.12. The van der Waals surface area contributed by atoms with Crippen LogP contribution in [0, 0.1) is 0 Å². The minimum Gasteiger partial charge on any atom is -0.465 e. The van der Waals surface area contributed by atoms with Gasteiger partial charge in [-0.25, -0.2) is 14.6 Å². The lowest BCUT2D eigenvalue weighted by atomic mass is 10.2. The fraction of sp³-hybridized carbons (Fsp3) is 0.286. The summed E-state index contributed by atoms with van der Waals surface area (Å²) in [6.07, 6.45) is 1.17. The first-order valence-electron chi connectivity index (χ1n) is 7.08. The number of nitrogens with zero attached hydrogens (tertiary/aromatic N) is 4. The molecule has 0 aliphatic carbocycles. The summed E-state index contributed by atoms with van der Waals surface area (Å²) in [6.45, 7) is 0.670. The number of fused-ring (bicyclic) bond motifs is 3. The van der Waals surface area contributed by atoms with Crippen LogP contribution in [-0.4, -0.2) is 48.7 Å². The second-order valence-corrected chi connectivity index (χ2v) is 5.88. The predicted molar refractivity (Wildman–Crippen MR) is 83.9 cm³/mol. The fourth-order valence-corrected chi connectivity index (χ4v) is 3.26. The molecule has 1 unspecified atom stereocenters. The Bertz CT molecular complexity index is 995. The number of imidazole rings is 1. The Morgan fingerprint density at radius 3 is 3.00 bits per heavy atom. The van der Waals surface area contributed by atoms with E-state index in [9.17, 15) is 9.59 Å². The molecule has 8 nitrogen and oxygen atoms in total. The summed E-state index contributed by atoms with van der Waals surface area (Å²) in [5.41, 5.74) is 2.03. The van der Waals surface area contributed by atoms with Crippen molar-refractivity contribution in [3.05, 3.63) is 34.0 Å². The van der Waals surface area contributed by atoms with Crippen molar-refractivity contribution in [2.24, 2.45) is 0 Å². The number of carboxylic acid groups (broad SMARTS) is 1. The molecule has 3 aromatic heterocycles. The third kappa shape index (κ3) is 2.14. The quantitative estimate of drug-likeness (QED) is 0.661. The van der Waals surface area contributed by atoms with Gasteiger partial charge in [-0.1, -0.05) is 11.6 Å². The van der Waals surface area contributed by atoms with Crippen molar-refractivity contribution in [3.8, 4) is 0 Å². The molecule has 9 heteroatoms. The van der Waals surface area contributed by atoms with E-state index >= 15 is 0 Å². The average Bonchev–Trinajstić information content (AvgIpc) is 3.10. The third-order valence-electron chi connectivity index (χ3n) is 4.15. The summed E-state index contributed by atoms with van der Waals surface area (Å²) < 4.78 is 1.58. The largest absolute Gasteiger partial charge is 0.465 e. The van der Waals surface area contributed by atoms with E-state index in [1.807, 2.05) is 0 Å². The van der Waals surface area contributed by atoms with Crippen LogP contribution in [0.3, 0.4) is 0 Å². The number of likely N-dealkylation sites (tertiary alicyclic amines) is 1. The van der Waals surface area contributed by atoms with Crippen molar-refractivity contribution in [1.29, 1.82) is 0 Å². The number of hydrogen-bond donors (Lipinski definition) is 2. The number of carbonyl (C=O) groups is 1. The number of aromatic amines is 1. The Morgan fingerprint density at radius 1 is 1.43 bits per heavy atom. The molecule has 4 heterocycles. The standard InChI is InChI=1S/C14H12ClN5O3/c15-10-2-1-8-11(18-10)12-9(5-16-8)17-13(21)20(12)7-3-4-19(6-7)14(22)23/h1-2,5,7H,3-4,6H2,(H,17,21)(H,22,23). The number of rotatable bonds is 1. The zero-order chi connectivity index (χ0) is 16.1. The van der Waals surface area contributed by atoms with Gasteiger partial charge in [0.05, 0.1) is 28.8 Å². The molecule has 1 saturated heterocycles. The van der Waals surface area contributed by atoms with Crippen molar-refractivity contribution in [1.82, 2.24) is 24.4 Å². The van der Waals surface area contributed by atoms with Gasteiger partial charge in [0.25, 0.3) is 0 Å². The van der Waals surface area contributed by atoms with Gasteiger partial charge in [0.2, 0.25) is 0 Å². The van der Waals surface area contributed by atoms with Crippen LogP contribution in [0.5, 0.6) is 0 Å². The van der Waals surface area contributed by atoms with Crippen molar-refractivity contribution < 1.29 is 9.90 Å². The van der Waals surface area contributed by atoms with Crippen molar-refractivity contribution in [3.63, 3.8) is 0 Å². The lowest BCUT2D eigenvalue weighted by molar-refractivity contribution is 0.154. The summed E-state index contributed by atoms with van der Waals surface area (Å²) in [6, 6.07) is 3.14. The summed E-state index contributed by atoms with van der Waals surface area (Å²) in [5.74, 6) is 0. The zero-order valence-electron chi connectivity index (χ0n) is 11.9. The van der Waals surface area contributed by atoms with Gasteiger partial charge in [0.1, 0.15) is 10.7 Å². The Balaban J connectivity index is 1.96. The van der Waals surface area contributed by atoms with Gasteiger partial charge < -0.3 is 15.0 Å². The molecule has 0 saturated carbocycles. The minimum absolute atomic E-state index is 0.237. The van der Waals surface area contributed by atoms with Crippen LogP contribution in [0.2, 0.25) is 5.15 Å². The van der Waals surface area contributed by atoms with Crippen molar-refractivity contribution >= 4 is 39.8 Å². The topological polar surface area (TPSA) is 104 Å². The molecule has 0 aromatic carbocycles. The van der Waals surface area contributed by atoms with Crippen LogP contribution in [0.4, 0.5) is 4.79 Å². The second kappa shape index (κ2) is 4.95. The summed E-state index contributed by atoms with van der Waals surface area (Å²) in [4.78, 5) is 36.1. The molecule has 4 rings (SSSR count). The highest BCUT2D eigenvalue weighted by molar-refractivity contribution is 6.30. The number of hydrogen-bond acceptors (Lipinski definition) is 4. The lowest BCUT2D eigenvalue weighted by Gasteiger charge is -2.14. The summed E-state index contributed by atoms with van der Waals surface area (Å²) >= 11 is 5.98. The van der Waals surface area contributed by atoms with E-state index in [0.717, 1.165) is 0 Å². The van der Waals surface area contributed by atoms with Gasteiger partial charge in [-0.3, -0.25) is 9.55 Å². The molecular weight excluding hydrogens is 322 g/mol. The molecule has 1 aliphatic rings. The molecule has 1 aliphatic heterocycles. The minimum atomic E-state index is -0.979. The normalized spacial score (nSPS) is 18.1. The maximum absolute atomic E-state index is 12.4. The molecule has 0 radical (unpaired) electrons. The van der Waals surface area contributed by atoms with Crippen LogP contribution in [0.25, 0.3) is 22.1 Å². The van der Waals surface area contributed by atoms with Crippen molar-refractivity contribution in [2.75, 3.05) is 13.1 Å². The van der Waals surface area contributed by atoms with E-state index in [-0.39, 0.29) is 18.3 Å². The SMILES string of the molecule is O=C(O)N1CCC(n2c(=O)[nH]c3cnc4ccc(Cl)nc4c32)C1. The van der Waals surface area contributed by atoms with Gasteiger partial charge in [-0.2, -0.15) is 0 Å². The van der Waals surface area contributed by atoms with Crippen LogP contribution in [-0.2, 0) is 0 Å². The Morgan fingerprint density at radius 2 is 2.26 bits per heavy atom. The van der Waals surface area contributed by atoms with E-state index < -0.39 is 6.09 Å². The number of nitrogens with one attached hydrogen (secondary N) is 1. The lowest BCUT2D eigenvalue weighted by Crippen LogP contribution is -2.29. The van der Waals surface area contributed by atoms with E-state index in [4.69, 9.17) is 16.7 Å². The van der Waals surface area contributed by atoms with E-state index in [0.29, 0.717) is 40.2 Å². The third-order valence-corrected chi connectivity index (χ3v) is 4.36. The van der Waals surface area contributed by atoms with Crippen molar-refractivity contribution in [2.45, 2.75) is 12.5 Å². The Kier molecular flexibility index (Phi) is 3.02. The van der Waals surface area contributed by atoms with Gasteiger partial charge in [0, 0.05) is 13.1 Å². The number of pyridine rings is 2. The average molecular weight is 334 g/mol. The van der Waals surface area contributed by atoms with Gasteiger partial charge in [-0.15, -0.1) is 0 Å². The Hall–Kier alpha value is -2.61. The summed E-state index contributed by atoms with van der Waals surface area (Å²) in [7, 11) is 0. The highest BCUT2D eigenvalue weighted by Crippen LogP contribution is 2.28. The number of amides is 1. The maximum atomic E-state index is 12.4. The van der Waals surface area contributed by atoms with Crippen LogP contribution in [0.15, 0.2) is 23.1 Å². The summed E-state index contributed by atoms with van der Waals surface area (Å²) in [5, 5.41) is 9.42. The van der Waals surface area contributed by atoms with Gasteiger partial charge >= 0.3 is 11.8 Å². The molecule has 1 fully saturated rings. The monoisotopic (exact) mass is 333 g/mol. The van der Waals surface area contributed by atoms with E-state index in [1.54, 1.807) is 22.9 Å². The maximum Gasteiger partial charge on any atom is 0.407 e. The highest BCUT2D eigenvalue weighted by Gasteiger charge is 2.30. The van der Waals surface area contributed by atoms with Gasteiger partial charge in [-0.05, 0) is 18.6 Å². The first kappa shape index (κ1) is 14.0. The molecule has 0 spiro atoms.